The number of nitrogens with one attached hydrogen (secondary N) is 3. The molecule has 34 heavy (non-hydrogen) atoms. The first-order valence-electron chi connectivity index (χ1n) is 11.2. The smallest absolute Gasteiger partial charge is 0.251 e. The lowest BCUT2D eigenvalue weighted by Crippen LogP contribution is -2.25. The largest absolute Gasteiger partial charge is 0.494 e. The molecule has 3 N–H and O–H groups in total. The second-order valence-electron chi connectivity index (χ2n) is 7.97. The summed E-state index contributed by atoms with van der Waals surface area (Å²) in [6.07, 6.45) is 2.70. The molecule has 8 heteroatoms. The monoisotopic (exact) mass is 481 g/mol. The van der Waals surface area contributed by atoms with Crippen molar-refractivity contribution in [2.24, 2.45) is 0 Å². The molecule has 0 aliphatic rings. The van der Waals surface area contributed by atoms with Gasteiger partial charge in [0, 0.05) is 24.3 Å². The van der Waals surface area contributed by atoms with Crippen molar-refractivity contribution in [2.45, 2.75) is 19.4 Å². The highest BCUT2D eigenvalue weighted by molar-refractivity contribution is 7.92. The van der Waals surface area contributed by atoms with E-state index in [4.69, 9.17) is 4.74 Å². The fraction of sp³-hybridized carbons (Fsp3) is 0.269. The van der Waals surface area contributed by atoms with E-state index < -0.39 is 10.0 Å². The topological polar surface area (TPSA) is 96.5 Å². The van der Waals surface area contributed by atoms with Crippen LogP contribution in [0.5, 0.6) is 5.75 Å². The van der Waals surface area contributed by atoms with E-state index in [0.717, 1.165) is 37.1 Å². The first kappa shape index (κ1) is 25.3. The van der Waals surface area contributed by atoms with Gasteiger partial charge in [-0.25, -0.2) is 8.42 Å². The maximum Gasteiger partial charge on any atom is 0.251 e. The number of hydrogen-bond acceptors (Lipinski definition) is 5. The van der Waals surface area contributed by atoms with Crippen LogP contribution >= 0.6 is 0 Å². The van der Waals surface area contributed by atoms with E-state index in [1.54, 1.807) is 18.2 Å². The molecule has 7 nitrogen and oxygen atoms in total. The van der Waals surface area contributed by atoms with Crippen molar-refractivity contribution in [2.75, 3.05) is 30.7 Å². The van der Waals surface area contributed by atoms with Crippen molar-refractivity contribution < 1.29 is 17.9 Å². The third-order valence-corrected chi connectivity index (χ3v) is 5.57. The second kappa shape index (κ2) is 12.8. The third kappa shape index (κ3) is 9.25. The zero-order valence-corrected chi connectivity index (χ0v) is 20.1. The predicted octanol–water partition coefficient (Wildman–Crippen LogP) is 3.59. The highest BCUT2D eigenvalue weighted by atomic mass is 32.2. The molecule has 0 aliphatic carbocycles. The van der Waals surface area contributed by atoms with Crippen LogP contribution in [-0.4, -0.2) is 40.3 Å². The van der Waals surface area contributed by atoms with Gasteiger partial charge in [-0.1, -0.05) is 48.5 Å². The zero-order chi connectivity index (χ0) is 24.2. The van der Waals surface area contributed by atoms with E-state index in [0.29, 0.717) is 30.8 Å². The molecule has 3 aromatic carbocycles. The summed E-state index contributed by atoms with van der Waals surface area (Å²) < 4.78 is 30.9. The summed E-state index contributed by atoms with van der Waals surface area (Å²) in [5.41, 5.74) is 3.22. The van der Waals surface area contributed by atoms with E-state index >= 15 is 0 Å². The van der Waals surface area contributed by atoms with Crippen LogP contribution in [0.2, 0.25) is 0 Å². The van der Waals surface area contributed by atoms with Gasteiger partial charge in [0.25, 0.3) is 5.91 Å². The zero-order valence-electron chi connectivity index (χ0n) is 19.3. The van der Waals surface area contributed by atoms with Gasteiger partial charge in [0.1, 0.15) is 5.75 Å². The summed E-state index contributed by atoms with van der Waals surface area (Å²) in [6.45, 7) is 2.60. The van der Waals surface area contributed by atoms with Crippen LogP contribution in [-0.2, 0) is 23.0 Å². The summed E-state index contributed by atoms with van der Waals surface area (Å²) >= 11 is 0. The molecular formula is C26H31N3O4S. The minimum atomic E-state index is -3.39. The summed E-state index contributed by atoms with van der Waals surface area (Å²) in [5.74, 6) is 0.536. The molecule has 0 heterocycles. The Kier molecular flexibility index (Phi) is 9.49. The Morgan fingerprint density at radius 3 is 2.44 bits per heavy atom. The fourth-order valence-corrected chi connectivity index (χ4v) is 3.91. The number of ether oxygens (including phenoxy) is 1. The van der Waals surface area contributed by atoms with Gasteiger partial charge >= 0.3 is 0 Å². The molecule has 0 fully saturated rings. The number of hydrogen-bond donors (Lipinski definition) is 3. The van der Waals surface area contributed by atoms with Gasteiger partial charge in [-0.05, 0) is 60.8 Å². The maximum atomic E-state index is 12.3. The lowest BCUT2D eigenvalue weighted by molar-refractivity contribution is 0.0951. The van der Waals surface area contributed by atoms with Gasteiger partial charge in [-0.15, -0.1) is 0 Å². The average molecular weight is 482 g/mol. The van der Waals surface area contributed by atoms with Crippen molar-refractivity contribution in [1.82, 2.24) is 10.6 Å². The lowest BCUT2D eigenvalue weighted by Gasteiger charge is -2.10. The molecule has 3 aromatic rings. The van der Waals surface area contributed by atoms with Gasteiger partial charge in [0.15, 0.2) is 0 Å². The van der Waals surface area contributed by atoms with Crippen molar-refractivity contribution >= 4 is 21.6 Å². The predicted molar refractivity (Wildman–Crippen MR) is 136 cm³/mol. The molecule has 0 spiro atoms. The van der Waals surface area contributed by atoms with E-state index in [2.05, 4.69) is 45.7 Å². The number of anilines is 1. The quantitative estimate of drug-likeness (QED) is 0.324. The minimum absolute atomic E-state index is 0.263. The van der Waals surface area contributed by atoms with Crippen molar-refractivity contribution in [3.05, 3.63) is 95.6 Å². The van der Waals surface area contributed by atoms with Gasteiger partial charge in [0.05, 0.1) is 12.9 Å². The number of amides is 1. The number of carbonyl (C=O) groups is 1. The summed E-state index contributed by atoms with van der Waals surface area (Å²) in [5, 5.41) is 6.29. The van der Waals surface area contributed by atoms with Crippen LogP contribution < -0.4 is 20.1 Å². The number of sulfonamides is 1. The van der Waals surface area contributed by atoms with E-state index in [9.17, 15) is 13.2 Å². The molecule has 0 aliphatic heterocycles. The molecule has 0 saturated carbocycles. The standard InChI is InChI=1S/C26H31N3O4S/c1-34(31,32)29-24-12-6-11-23(19-24)26(30)28-15-7-17-33-25-13-5-10-22(18-25)20-27-16-14-21-8-3-2-4-9-21/h2-6,8-13,18-19,27,29H,7,14-17,20H2,1H3,(H,28,30). The third-order valence-electron chi connectivity index (χ3n) is 4.96. The Morgan fingerprint density at radius 1 is 0.882 bits per heavy atom. The molecule has 0 atom stereocenters. The molecule has 3 rings (SSSR count). The average Bonchev–Trinajstić information content (AvgIpc) is 2.81. The lowest BCUT2D eigenvalue weighted by atomic mass is 10.1. The summed E-state index contributed by atoms with van der Waals surface area (Å²) in [4.78, 5) is 12.3. The molecule has 0 unspecified atom stereocenters. The maximum absolute atomic E-state index is 12.3. The molecule has 0 bridgehead atoms. The molecular weight excluding hydrogens is 450 g/mol. The van der Waals surface area contributed by atoms with E-state index in [1.807, 2.05) is 24.3 Å². The second-order valence-corrected chi connectivity index (χ2v) is 9.72. The van der Waals surface area contributed by atoms with Crippen LogP contribution in [0, 0.1) is 0 Å². The Labute approximate surface area is 201 Å². The van der Waals surface area contributed by atoms with Gasteiger partial charge in [-0.2, -0.15) is 0 Å². The minimum Gasteiger partial charge on any atom is -0.494 e. The van der Waals surface area contributed by atoms with Crippen molar-refractivity contribution in [3.63, 3.8) is 0 Å². The highest BCUT2D eigenvalue weighted by Crippen LogP contribution is 2.14. The van der Waals surface area contributed by atoms with Crippen LogP contribution in [0.25, 0.3) is 0 Å². The Balaban J connectivity index is 1.35. The highest BCUT2D eigenvalue weighted by Gasteiger charge is 2.08. The van der Waals surface area contributed by atoms with Gasteiger partial charge < -0.3 is 15.4 Å². The van der Waals surface area contributed by atoms with Gasteiger partial charge in [-0.3, -0.25) is 9.52 Å². The van der Waals surface area contributed by atoms with Crippen LogP contribution in [0.15, 0.2) is 78.9 Å². The molecule has 1 amide bonds. The van der Waals surface area contributed by atoms with E-state index in [1.165, 1.54) is 11.6 Å². The summed E-state index contributed by atoms with van der Waals surface area (Å²) in [6, 6.07) is 24.8. The van der Waals surface area contributed by atoms with Crippen LogP contribution in [0.1, 0.15) is 27.9 Å². The van der Waals surface area contributed by atoms with Crippen LogP contribution in [0.3, 0.4) is 0 Å². The first-order valence-corrected chi connectivity index (χ1v) is 13.1. The van der Waals surface area contributed by atoms with Crippen molar-refractivity contribution in [1.29, 1.82) is 0 Å². The summed E-state index contributed by atoms with van der Waals surface area (Å²) in [7, 11) is -3.39. The van der Waals surface area contributed by atoms with Crippen LogP contribution in [0.4, 0.5) is 5.69 Å². The number of carbonyl (C=O) groups excluding carboxylic acids is 1. The molecule has 0 radical (unpaired) electrons. The number of benzene rings is 3. The normalized spacial score (nSPS) is 11.1. The molecule has 0 saturated heterocycles. The molecule has 0 aromatic heterocycles. The van der Waals surface area contributed by atoms with Crippen molar-refractivity contribution in [3.8, 4) is 5.75 Å². The Bertz CT molecular complexity index is 1170. The Morgan fingerprint density at radius 2 is 1.65 bits per heavy atom. The van der Waals surface area contributed by atoms with E-state index in [-0.39, 0.29) is 5.91 Å². The Hall–Kier alpha value is -3.36. The fourth-order valence-electron chi connectivity index (χ4n) is 3.36. The first-order chi connectivity index (χ1) is 16.4. The SMILES string of the molecule is CS(=O)(=O)Nc1cccc(C(=O)NCCCOc2cccc(CNCCc3ccccc3)c2)c1. The van der Waals surface area contributed by atoms with Gasteiger partial charge in [0.2, 0.25) is 10.0 Å². The molecule has 180 valence electrons. The number of rotatable bonds is 13.